The highest BCUT2D eigenvalue weighted by Crippen LogP contribution is 2.46. The summed E-state index contributed by atoms with van der Waals surface area (Å²) in [6, 6.07) is 6.61. The van der Waals surface area contributed by atoms with Crippen LogP contribution in [0, 0.1) is 0 Å². The first-order chi connectivity index (χ1) is 20.7. The van der Waals surface area contributed by atoms with E-state index < -0.39 is 11.7 Å². The molecule has 1 aliphatic carbocycles. The summed E-state index contributed by atoms with van der Waals surface area (Å²) in [5.74, 6) is 1.82. The maximum Gasteiger partial charge on any atom is 0.420 e. The number of nitrogens with one attached hydrogen (secondary N) is 1. The molecule has 2 bridgehead atoms. The first kappa shape index (κ1) is 27.6. The van der Waals surface area contributed by atoms with Gasteiger partial charge in [-0.1, -0.05) is 0 Å². The van der Waals surface area contributed by atoms with Gasteiger partial charge in [-0.15, -0.1) is 23.1 Å². The average molecular weight is 630 g/mol. The topological polar surface area (TPSA) is 86.7 Å². The van der Waals surface area contributed by atoms with Gasteiger partial charge in [0.05, 0.1) is 41.2 Å². The summed E-state index contributed by atoms with van der Waals surface area (Å²) < 4.78 is 47.8. The maximum absolute atomic E-state index is 14.2. The molecule has 3 aromatic heterocycles. The normalized spacial score (nSPS) is 24.3. The Kier molecular flexibility index (Phi) is 6.62. The molecule has 1 amide bonds. The number of halogens is 3. The van der Waals surface area contributed by atoms with Crippen LogP contribution < -0.4 is 10.2 Å². The van der Waals surface area contributed by atoms with Crippen molar-refractivity contribution >= 4 is 46.5 Å². The molecule has 8 rings (SSSR count). The molecule has 0 radical (unpaired) electrons. The predicted octanol–water partition coefficient (Wildman–Crippen LogP) is 5.08. The lowest BCUT2D eigenvalue weighted by Gasteiger charge is -2.36. The zero-order chi connectivity index (χ0) is 29.5. The van der Waals surface area contributed by atoms with Crippen LogP contribution >= 0.6 is 23.1 Å². The lowest BCUT2D eigenvalue weighted by Crippen LogP contribution is -2.52. The number of thiophene rings is 1. The molecule has 226 valence electrons. The van der Waals surface area contributed by atoms with Crippen molar-refractivity contribution in [2.24, 2.45) is 0 Å². The van der Waals surface area contributed by atoms with Gasteiger partial charge in [0, 0.05) is 54.5 Å². The second kappa shape index (κ2) is 10.3. The van der Waals surface area contributed by atoms with Gasteiger partial charge in [0.15, 0.2) is 0 Å². The number of likely N-dealkylation sites (tertiary alicyclic amines) is 1. The Morgan fingerprint density at radius 1 is 1.07 bits per heavy atom. The van der Waals surface area contributed by atoms with Gasteiger partial charge in [0.2, 0.25) is 5.95 Å². The minimum atomic E-state index is -4.66. The molecule has 1 saturated carbocycles. The molecule has 4 fully saturated rings. The Balaban J connectivity index is 1.11. The first-order valence-electron chi connectivity index (χ1n) is 14.6. The van der Waals surface area contributed by atoms with E-state index in [0.717, 1.165) is 61.4 Å². The Labute approximate surface area is 254 Å². The lowest BCUT2D eigenvalue weighted by atomic mass is 10.2. The molecule has 3 saturated heterocycles. The maximum atomic E-state index is 14.2. The Morgan fingerprint density at radius 3 is 2.58 bits per heavy atom. The monoisotopic (exact) mass is 629 g/mol. The number of likely N-dealkylation sites (N-methyl/N-ethyl adjacent to an activating group) is 1. The number of anilines is 3. The van der Waals surface area contributed by atoms with Crippen molar-refractivity contribution in [3.05, 3.63) is 40.5 Å². The summed E-state index contributed by atoms with van der Waals surface area (Å²) in [5.41, 5.74) is 0.457. The summed E-state index contributed by atoms with van der Waals surface area (Å²) in [5, 5.41) is 3.19. The third-order valence-electron chi connectivity index (χ3n) is 9.06. The van der Waals surface area contributed by atoms with E-state index in [1.165, 1.54) is 11.8 Å². The predicted molar refractivity (Wildman–Crippen MR) is 158 cm³/mol. The highest BCUT2D eigenvalue weighted by atomic mass is 32.2. The molecule has 43 heavy (non-hydrogen) atoms. The van der Waals surface area contributed by atoms with Crippen molar-refractivity contribution in [2.75, 3.05) is 55.9 Å². The number of alkyl halides is 3. The number of nitrogens with zero attached hydrogens (tertiary/aromatic N) is 6. The number of carbonyl (C=O) groups excluding carboxylic acids is 1. The summed E-state index contributed by atoms with van der Waals surface area (Å²) in [6.07, 6.45) is -0.640. The van der Waals surface area contributed by atoms with Gasteiger partial charge < -0.3 is 19.9 Å². The summed E-state index contributed by atoms with van der Waals surface area (Å²) in [6.45, 7) is 3.52. The van der Waals surface area contributed by atoms with Crippen LogP contribution in [0.5, 0.6) is 0 Å². The van der Waals surface area contributed by atoms with E-state index >= 15 is 0 Å². The van der Waals surface area contributed by atoms with Crippen LogP contribution in [0.1, 0.15) is 46.1 Å². The Bertz CT molecular complexity index is 1590. The van der Waals surface area contributed by atoms with Gasteiger partial charge in [0.25, 0.3) is 5.91 Å². The quantitative estimate of drug-likeness (QED) is 0.401. The largest absolute Gasteiger partial charge is 0.420 e. The molecule has 2 unspecified atom stereocenters. The van der Waals surface area contributed by atoms with Crippen molar-refractivity contribution in [1.82, 2.24) is 24.8 Å². The summed E-state index contributed by atoms with van der Waals surface area (Å²) in [7, 11) is 2.17. The molecule has 9 nitrogen and oxygen atoms in total. The fraction of sp³-hybridized carbons (Fsp3) is 0.517. The van der Waals surface area contributed by atoms with Gasteiger partial charge >= 0.3 is 6.18 Å². The Morgan fingerprint density at radius 2 is 1.91 bits per heavy atom. The number of hydrogen-bond acceptors (Lipinski definition) is 10. The number of fused-ring (bicyclic) bond motifs is 3. The fourth-order valence-electron chi connectivity index (χ4n) is 6.49. The van der Waals surface area contributed by atoms with Crippen LogP contribution in [0.2, 0.25) is 0 Å². The molecule has 2 atom stereocenters. The van der Waals surface area contributed by atoms with E-state index in [4.69, 9.17) is 9.72 Å². The third-order valence-corrected chi connectivity index (χ3v) is 11.3. The van der Waals surface area contributed by atoms with Gasteiger partial charge in [-0.3, -0.25) is 9.69 Å². The van der Waals surface area contributed by atoms with E-state index in [1.807, 2.05) is 12.1 Å². The lowest BCUT2D eigenvalue weighted by molar-refractivity contribution is -0.137. The number of ether oxygens (including phenoxy) is 1. The van der Waals surface area contributed by atoms with Crippen LogP contribution in [-0.2, 0) is 10.9 Å². The van der Waals surface area contributed by atoms with Gasteiger partial charge in [-0.25, -0.2) is 15.0 Å². The zero-order valence-electron chi connectivity index (χ0n) is 23.4. The Hall–Kier alpha value is -2.94. The van der Waals surface area contributed by atoms with Crippen LogP contribution in [0.15, 0.2) is 29.3 Å². The molecule has 4 aliphatic heterocycles. The van der Waals surface area contributed by atoms with E-state index in [-0.39, 0.29) is 23.6 Å². The van der Waals surface area contributed by atoms with Crippen molar-refractivity contribution in [3.8, 4) is 10.6 Å². The molecule has 0 spiro atoms. The zero-order valence-corrected chi connectivity index (χ0v) is 25.1. The molecule has 14 heteroatoms. The highest BCUT2D eigenvalue weighted by molar-refractivity contribution is 7.99. The molecule has 3 aromatic rings. The van der Waals surface area contributed by atoms with Crippen LogP contribution in [0.4, 0.5) is 30.6 Å². The molecule has 1 N–H and O–H groups in total. The third kappa shape index (κ3) is 4.95. The van der Waals surface area contributed by atoms with E-state index in [2.05, 4.69) is 32.1 Å². The SMILES string of the molecule is CN1CC2CC1CN2c1ccc(Nc2ncc(C(F)(F)F)c(-c3cc4c(s3)C(=O)N(C3COC3)CCS4)n2)c(C2CC2)n1. The number of hydrogen-bond donors (Lipinski definition) is 1. The number of carbonyl (C=O) groups is 1. The van der Waals surface area contributed by atoms with E-state index in [9.17, 15) is 18.0 Å². The smallest absolute Gasteiger partial charge is 0.377 e. The fourth-order valence-corrected chi connectivity index (χ4v) is 8.80. The number of piperazine rings is 1. The van der Waals surface area contributed by atoms with Crippen LogP contribution in [0.25, 0.3) is 10.6 Å². The van der Waals surface area contributed by atoms with Crippen molar-refractivity contribution in [2.45, 2.75) is 54.4 Å². The molecular formula is C29H30F3N7O2S2. The standard InChI is InChI=1S/C29H30F3N7O2S2/c1-37-11-17-8-16(37)12-39(17)23-5-4-20(24(35-23)15-2-3-15)34-28-33-10-19(29(30,31)32)25(36-28)21-9-22-26(43-21)27(40)38(6-7-42-22)18-13-41-14-18/h4-5,9-10,15-18H,2-3,6-8,11-14H2,1H3,(H,33,34,36). The van der Waals surface area contributed by atoms with Crippen molar-refractivity contribution in [3.63, 3.8) is 0 Å². The second-order valence-electron chi connectivity index (χ2n) is 11.9. The first-order valence-corrected chi connectivity index (χ1v) is 16.4. The van der Waals surface area contributed by atoms with E-state index in [1.54, 1.807) is 11.0 Å². The summed E-state index contributed by atoms with van der Waals surface area (Å²) in [4.78, 5) is 34.9. The minimum Gasteiger partial charge on any atom is -0.377 e. The number of amides is 1. The van der Waals surface area contributed by atoms with Gasteiger partial charge in [-0.05, 0) is 44.5 Å². The average Bonchev–Trinajstić information content (AvgIpc) is 3.47. The number of pyridine rings is 1. The van der Waals surface area contributed by atoms with Crippen LogP contribution in [0.3, 0.4) is 0 Å². The van der Waals surface area contributed by atoms with Gasteiger partial charge in [-0.2, -0.15) is 13.2 Å². The van der Waals surface area contributed by atoms with Crippen molar-refractivity contribution in [1.29, 1.82) is 0 Å². The number of thioether (sulfide) groups is 1. The van der Waals surface area contributed by atoms with E-state index in [0.29, 0.717) is 63.9 Å². The van der Waals surface area contributed by atoms with Crippen molar-refractivity contribution < 1.29 is 22.7 Å². The summed E-state index contributed by atoms with van der Waals surface area (Å²) >= 11 is 2.54. The number of aromatic nitrogens is 3. The molecule has 7 heterocycles. The minimum absolute atomic E-state index is 0.00723. The van der Waals surface area contributed by atoms with Gasteiger partial charge in [0.1, 0.15) is 16.3 Å². The highest BCUT2D eigenvalue weighted by Gasteiger charge is 2.43. The molecular weight excluding hydrogens is 599 g/mol. The second-order valence-corrected chi connectivity index (χ2v) is 14.1. The molecule has 0 aromatic carbocycles. The van der Waals surface area contributed by atoms with Crippen LogP contribution in [-0.4, -0.2) is 94.4 Å². The number of rotatable bonds is 6. The molecule has 5 aliphatic rings.